The second-order valence-electron chi connectivity index (χ2n) is 2.35. The van der Waals surface area contributed by atoms with Crippen molar-refractivity contribution in [3.05, 3.63) is 0 Å². The molecule has 9 heavy (non-hydrogen) atoms. The maximum atomic E-state index is 9.11. The summed E-state index contributed by atoms with van der Waals surface area (Å²) >= 11 is 0. The highest BCUT2D eigenvalue weighted by Gasteiger charge is 2.23. The van der Waals surface area contributed by atoms with Crippen LogP contribution in [0.25, 0.3) is 0 Å². The van der Waals surface area contributed by atoms with Gasteiger partial charge in [-0.2, -0.15) is 5.26 Å². The van der Waals surface area contributed by atoms with Gasteiger partial charge in [0.15, 0.2) is 0 Å². The fourth-order valence-corrected chi connectivity index (χ4v) is 1.04. The van der Waals surface area contributed by atoms with Gasteiger partial charge in [0, 0.05) is 25.4 Å². The Kier molecular flexibility index (Phi) is 2.04. The number of β-amino-alcohol motifs (C(OH)–C–C–N with tert-alkyl or cyclic N) is 1. The van der Waals surface area contributed by atoms with Crippen LogP contribution >= 0.6 is 0 Å². The van der Waals surface area contributed by atoms with E-state index >= 15 is 0 Å². The molecule has 3 heteroatoms. The molecule has 0 bridgehead atoms. The molecule has 2 N–H and O–H groups in total. The topological polar surface area (TPSA) is 56.0 Å². The first-order valence-electron chi connectivity index (χ1n) is 3.10. The normalized spacial score (nSPS) is 34.2. The first-order chi connectivity index (χ1) is 4.34. The van der Waals surface area contributed by atoms with Gasteiger partial charge in [0.25, 0.3) is 0 Å². The van der Waals surface area contributed by atoms with E-state index in [9.17, 15) is 0 Å². The highest BCUT2D eigenvalue weighted by Crippen LogP contribution is 2.11. The van der Waals surface area contributed by atoms with Gasteiger partial charge in [-0.15, -0.1) is 0 Å². The van der Waals surface area contributed by atoms with Crippen LogP contribution in [-0.4, -0.2) is 24.3 Å². The fraction of sp³-hybridized carbons (Fsp3) is 0.833. The highest BCUT2D eigenvalue weighted by molar-refractivity contribution is 4.87. The minimum Gasteiger partial charge on any atom is -0.391 e. The number of hydrogen-bond donors (Lipinski definition) is 2. The lowest BCUT2D eigenvalue weighted by atomic mass is 10.0. The van der Waals surface area contributed by atoms with Crippen LogP contribution in [0.1, 0.15) is 6.42 Å². The molecule has 1 rings (SSSR count). The van der Waals surface area contributed by atoms with E-state index in [2.05, 4.69) is 5.32 Å². The Morgan fingerprint density at radius 2 is 2.44 bits per heavy atom. The SMILES string of the molecule is N#CC[C@H]1CNC[C@@H]1O. The van der Waals surface area contributed by atoms with Gasteiger partial charge in [0.1, 0.15) is 0 Å². The number of nitriles is 1. The Bertz CT molecular complexity index is 130. The molecule has 0 aromatic carbocycles. The molecule has 1 fully saturated rings. The summed E-state index contributed by atoms with van der Waals surface area (Å²) < 4.78 is 0. The molecule has 1 heterocycles. The van der Waals surface area contributed by atoms with Crippen LogP contribution in [0, 0.1) is 17.2 Å². The molecular weight excluding hydrogens is 116 g/mol. The van der Waals surface area contributed by atoms with Crippen LogP contribution in [0.3, 0.4) is 0 Å². The number of aliphatic hydroxyl groups is 1. The zero-order valence-corrected chi connectivity index (χ0v) is 5.17. The second kappa shape index (κ2) is 2.81. The van der Waals surface area contributed by atoms with E-state index in [1.165, 1.54) is 0 Å². The lowest BCUT2D eigenvalue weighted by Crippen LogP contribution is -2.16. The Hall–Kier alpha value is -0.590. The van der Waals surface area contributed by atoms with E-state index in [0.29, 0.717) is 13.0 Å². The molecule has 0 aliphatic carbocycles. The standard InChI is InChI=1S/C6H10N2O/c7-2-1-5-3-8-4-6(5)9/h5-6,8-9H,1,3-4H2/t5-,6-/m0/s1. The number of rotatable bonds is 1. The van der Waals surface area contributed by atoms with Crippen molar-refractivity contribution >= 4 is 0 Å². The average molecular weight is 126 g/mol. The minimum absolute atomic E-state index is 0.162. The van der Waals surface area contributed by atoms with Crippen LogP contribution in [0.4, 0.5) is 0 Å². The molecule has 3 nitrogen and oxygen atoms in total. The lowest BCUT2D eigenvalue weighted by Gasteiger charge is -2.06. The summed E-state index contributed by atoms with van der Waals surface area (Å²) in [5, 5.41) is 20.4. The van der Waals surface area contributed by atoms with Gasteiger partial charge in [0.05, 0.1) is 12.2 Å². The summed E-state index contributed by atoms with van der Waals surface area (Å²) in [6.45, 7) is 1.43. The Balaban J connectivity index is 2.33. The Labute approximate surface area is 54.3 Å². The predicted octanol–water partition coefficient (Wildman–Crippen LogP) is -0.520. The summed E-state index contributed by atoms with van der Waals surface area (Å²) in [6.07, 6.45) is 0.165. The van der Waals surface area contributed by atoms with Crippen LogP contribution in [0.2, 0.25) is 0 Å². The summed E-state index contributed by atoms with van der Waals surface area (Å²) in [5.74, 6) is 0.162. The van der Waals surface area contributed by atoms with Crippen molar-refractivity contribution < 1.29 is 5.11 Å². The van der Waals surface area contributed by atoms with Crippen molar-refractivity contribution in [1.29, 1.82) is 5.26 Å². The monoisotopic (exact) mass is 126 g/mol. The summed E-state index contributed by atoms with van der Waals surface area (Å²) in [4.78, 5) is 0. The van der Waals surface area contributed by atoms with Crippen molar-refractivity contribution in [3.8, 4) is 6.07 Å². The van der Waals surface area contributed by atoms with Gasteiger partial charge in [-0.25, -0.2) is 0 Å². The van der Waals surface area contributed by atoms with E-state index in [0.717, 1.165) is 6.54 Å². The van der Waals surface area contributed by atoms with Crippen molar-refractivity contribution in [2.45, 2.75) is 12.5 Å². The number of hydrogen-bond acceptors (Lipinski definition) is 3. The van der Waals surface area contributed by atoms with E-state index in [-0.39, 0.29) is 12.0 Å². The minimum atomic E-state index is -0.301. The molecule has 1 aliphatic heterocycles. The number of aliphatic hydroxyl groups excluding tert-OH is 1. The van der Waals surface area contributed by atoms with Gasteiger partial charge >= 0.3 is 0 Å². The van der Waals surface area contributed by atoms with Crippen molar-refractivity contribution in [3.63, 3.8) is 0 Å². The predicted molar refractivity (Wildman–Crippen MR) is 32.6 cm³/mol. The molecule has 1 aliphatic rings. The van der Waals surface area contributed by atoms with Crippen LogP contribution < -0.4 is 5.32 Å². The fourth-order valence-electron chi connectivity index (χ4n) is 1.04. The van der Waals surface area contributed by atoms with Gasteiger partial charge in [0.2, 0.25) is 0 Å². The summed E-state index contributed by atoms with van der Waals surface area (Å²) in [7, 11) is 0. The number of nitrogens with one attached hydrogen (secondary N) is 1. The first kappa shape index (κ1) is 6.53. The third-order valence-corrected chi connectivity index (χ3v) is 1.66. The first-order valence-corrected chi connectivity index (χ1v) is 3.10. The van der Waals surface area contributed by atoms with E-state index in [1.807, 2.05) is 6.07 Å². The maximum absolute atomic E-state index is 9.11. The van der Waals surface area contributed by atoms with Crippen LogP contribution in [0.15, 0.2) is 0 Å². The van der Waals surface area contributed by atoms with Gasteiger partial charge in [-0.1, -0.05) is 0 Å². The third-order valence-electron chi connectivity index (χ3n) is 1.66. The zero-order valence-electron chi connectivity index (χ0n) is 5.17. The molecule has 2 atom stereocenters. The van der Waals surface area contributed by atoms with E-state index in [4.69, 9.17) is 10.4 Å². The molecule has 0 saturated carbocycles. The molecule has 0 aromatic rings. The van der Waals surface area contributed by atoms with Crippen molar-refractivity contribution in [2.24, 2.45) is 5.92 Å². The molecular formula is C6H10N2O. The Morgan fingerprint density at radius 3 is 2.89 bits per heavy atom. The van der Waals surface area contributed by atoms with Crippen LogP contribution in [-0.2, 0) is 0 Å². The molecule has 1 saturated heterocycles. The average Bonchev–Trinajstić information content (AvgIpc) is 2.18. The lowest BCUT2D eigenvalue weighted by molar-refractivity contribution is 0.150. The van der Waals surface area contributed by atoms with E-state index < -0.39 is 0 Å². The van der Waals surface area contributed by atoms with E-state index in [1.54, 1.807) is 0 Å². The number of nitrogens with zero attached hydrogens (tertiary/aromatic N) is 1. The summed E-state index contributed by atoms with van der Waals surface area (Å²) in [6, 6.07) is 2.04. The van der Waals surface area contributed by atoms with Gasteiger partial charge < -0.3 is 10.4 Å². The van der Waals surface area contributed by atoms with Gasteiger partial charge in [-0.05, 0) is 0 Å². The zero-order chi connectivity index (χ0) is 6.69. The quantitative estimate of drug-likeness (QED) is 0.497. The van der Waals surface area contributed by atoms with Crippen LogP contribution in [0.5, 0.6) is 0 Å². The maximum Gasteiger partial charge on any atom is 0.0714 e. The third kappa shape index (κ3) is 1.41. The summed E-state index contributed by atoms with van der Waals surface area (Å²) in [5.41, 5.74) is 0. The van der Waals surface area contributed by atoms with Crippen molar-refractivity contribution in [2.75, 3.05) is 13.1 Å². The molecule has 0 amide bonds. The smallest absolute Gasteiger partial charge is 0.0714 e. The second-order valence-corrected chi connectivity index (χ2v) is 2.35. The van der Waals surface area contributed by atoms with Gasteiger partial charge in [-0.3, -0.25) is 0 Å². The highest BCUT2D eigenvalue weighted by atomic mass is 16.3. The molecule has 0 aromatic heterocycles. The van der Waals surface area contributed by atoms with Crippen molar-refractivity contribution in [1.82, 2.24) is 5.32 Å². The molecule has 0 unspecified atom stereocenters. The molecule has 50 valence electrons. The largest absolute Gasteiger partial charge is 0.391 e. The Morgan fingerprint density at radius 1 is 1.67 bits per heavy atom. The molecule has 0 radical (unpaired) electrons. The molecule has 0 spiro atoms.